The number of carbonyl (C=O) groups excluding carboxylic acids is 1. The lowest BCUT2D eigenvalue weighted by atomic mass is 9.91. The minimum atomic E-state index is -0.520. The van der Waals surface area contributed by atoms with E-state index in [2.05, 4.69) is 15.9 Å². The number of hydrogen-bond donors (Lipinski definition) is 2. The van der Waals surface area contributed by atoms with Gasteiger partial charge in [-0.2, -0.15) is 0 Å². The van der Waals surface area contributed by atoms with Crippen LogP contribution in [-0.2, 0) is 4.79 Å². The van der Waals surface area contributed by atoms with E-state index in [1.807, 2.05) is 54.6 Å². The normalized spacial score (nSPS) is 11.9. The Balaban J connectivity index is 2.47. The highest BCUT2D eigenvalue weighted by Gasteiger charge is 2.22. The average molecular weight is 306 g/mol. The molecule has 0 bridgehead atoms. The monoisotopic (exact) mass is 305 g/mol. The van der Waals surface area contributed by atoms with Gasteiger partial charge in [-0.15, -0.1) is 0 Å². The van der Waals surface area contributed by atoms with Crippen molar-refractivity contribution in [2.24, 2.45) is 0 Å². The Bertz CT molecular complexity index is 543. The van der Waals surface area contributed by atoms with Crippen molar-refractivity contribution < 1.29 is 10.0 Å². The molecule has 0 aliphatic rings. The summed E-state index contributed by atoms with van der Waals surface area (Å²) in [6, 6.07) is 16.8. The molecule has 2 rings (SSSR count). The molecular weight excluding hydrogens is 294 g/mol. The van der Waals surface area contributed by atoms with Crippen molar-refractivity contribution in [2.75, 3.05) is 0 Å². The van der Waals surface area contributed by atoms with E-state index in [0.29, 0.717) is 0 Å². The molecule has 0 aliphatic heterocycles. The average Bonchev–Trinajstić information content (AvgIpc) is 2.40. The van der Waals surface area contributed by atoms with E-state index in [1.54, 1.807) is 5.48 Å². The number of rotatable bonds is 3. The van der Waals surface area contributed by atoms with Crippen LogP contribution in [0.1, 0.15) is 17.0 Å². The summed E-state index contributed by atoms with van der Waals surface area (Å²) < 4.78 is 0.895. The molecule has 0 spiro atoms. The van der Waals surface area contributed by atoms with Gasteiger partial charge in [-0.3, -0.25) is 10.0 Å². The van der Waals surface area contributed by atoms with Crippen molar-refractivity contribution in [2.45, 2.75) is 5.92 Å². The van der Waals surface area contributed by atoms with Crippen LogP contribution in [0.4, 0.5) is 0 Å². The van der Waals surface area contributed by atoms with Gasteiger partial charge in [0.15, 0.2) is 0 Å². The van der Waals surface area contributed by atoms with E-state index in [1.165, 1.54) is 0 Å². The summed E-state index contributed by atoms with van der Waals surface area (Å²) in [5, 5.41) is 8.89. The van der Waals surface area contributed by atoms with Gasteiger partial charge in [-0.25, -0.2) is 5.48 Å². The molecule has 0 saturated heterocycles. The fourth-order valence-corrected chi connectivity index (χ4v) is 2.31. The van der Waals surface area contributed by atoms with Crippen molar-refractivity contribution in [1.82, 2.24) is 5.48 Å². The number of halogens is 1. The molecule has 1 atom stereocenters. The van der Waals surface area contributed by atoms with Crippen LogP contribution in [0.2, 0.25) is 0 Å². The Morgan fingerprint density at radius 2 is 1.72 bits per heavy atom. The number of amides is 1. The van der Waals surface area contributed by atoms with Gasteiger partial charge in [-0.1, -0.05) is 58.4 Å². The summed E-state index contributed by atoms with van der Waals surface area (Å²) in [6.45, 7) is 0. The summed E-state index contributed by atoms with van der Waals surface area (Å²) in [5.41, 5.74) is 3.38. The van der Waals surface area contributed by atoms with Crippen LogP contribution in [0.25, 0.3) is 0 Å². The predicted molar refractivity (Wildman–Crippen MR) is 72.4 cm³/mol. The Hall–Kier alpha value is -1.65. The molecule has 1 amide bonds. The maximum atomic E-state index is 11.8. The third-order valence-electron chi connectivity index (χ3n) is 2.69. The van der Waals surface area contributed by atoms with Crippen molar-refractivity contribution in [3.63, 3.8) is 0 Å². The highest BCUT2D eigenvalue weighted by molar-refractivity contribution is 9.10. The number of benzene rings is 2. The first-order valence-electron chi connectivity index (χ1n) is 5.46. The topological polar surface area (TPSA) is 49.3 Å². The molecule has 3 nitrogen and oxygen atoms in total. The third kappa shape index (κ3) is 2.78. The summed E-state index contributed by atoms with van der Waals surface area (Å²) in [4.78, 5) is 11.8. The molecule has 0 fully saturated rings. The molecule has 0 radical (unpaired) electrons. The van der Waals surface area contributed by atoms with Gasteiger partial charge in [0.05, 0.1) is 5.92 Å². The van der Waals surface area contributed by atoms with Crippen LogP contribution in [0.15, 0.2) is 59.1 Å². The molecule has 0 saturated carbocycles. The summed E-state index contributed by atoms with van der Waals surface area (Å²) >= 11 is 3.38. The van der Waals surface area contributed by atoms with E-state index in [0.717, 1.165) is 15.6 Å². The minimum Gasteiger partial charge on any atom is -0.289 e. The molecular formula is C14H12BrNO2. The maximum absolute atomic E-state index is 11.8. The first kappa shape index (κ1) is 12.8. The highest BCUT2D eigenvalue weighted by Crippen LogP contribution is 2.26. The fraction of sp³-hybridized carbons (Fsp3) is 0.0714. The second-order valence-corrected chi connectivity index (χ2v) is 4.79. The molecule has 2 aromatic carbocycles. The Kier molecular flexibility index (Phi) is 4.12. The van der Waals surface area contributed by atoms with Crippen LogP contribution in [-0.4, -0.2) is 11.1 Å². The zero-order valence-electron chi connectivity index (χ0n) is 9.51. The van der Waals surface area contributed by atoms with E-state index in [4.69, 9.17) is 5.21 Å². The zero-order valence-corrected chi connectivity index (χ0v) is 11.1. The Morgan fingerprint density at radius 3 is 2.33 bits per heavy atom. The second-order valence-electron chi connectivity index (χ2n) is 3.87. The highest BCUT2D eigenvalue weighted by atomic mass is 79.9. The summed E-state index contributed by atoms with van der Waals surface area (Å²) in [6.07, 6.45) is 0. The van der Waals surface area contributed by atoms with E-state index >= 15 is 0 Å². The maximum Gasteiger partial charge on any atom is 0.255 e. The lowest BCUT2D eigenvalue weighted by Crippen LogP contribution is -2.27. The van der Waals surface area contributed by atoms with E-state index in [9.17, 15) is 4.79 Å². The minimum absolute atomic E-state index is 0.445. The van der Waals surface area contributed by atoms with Crippen molar-refractivity contribution in [3.05, 3.63) is 70.2 Å². The molecule has 4 heteroatoms. The molecule has 1 unspecified atom stereocenters. The molecule has 92 valence electrons. The Morgan fingerprint density at radius 1 is 1.06 bits per heavy atom. The first-order chi connectivity index (χ1) is 8.72. The quantitative estimate of drug-likeness (QED) is 0.676. The van der Waals surface area contributed by atoms with Gasteiger partial charge in [0.25, 0.3) is 5.91 Å². The lowest BCUT2D eigenvalue weighted by Gasteiger charge is -2.16. The van der Waals surface area contributed by atoms with Crippen molar-refractivity contribution >= 4 is 21.8 Å². The molecule has 0 aromatic heterocycles. The first-order valence-corrected chi connectivity index (χ1v) is 6.26. The number of hydrogen-bond acceptors (Lipinski definition) is 2. The smallest absolute Gasteiger partial charge is 0.255 e. The molecule has 0 heterocycles. The number of nitrogens with one attached hydrogen (secondary N) is 1. The van der Waals surface area contributed by atoms with Crippen LogP contribution < -0.4 is 5.48 Å². The number of hydroxylamine groups is 1. The van der Waals surface area contributed by atoms with Gasteiger partial charge in [-0.05, 0) is 23.3 Å². The van der Waals surface area contributed by atoms with Crippen LogP contribution >= 0.6 is 15.9 Å². The van der Waals surface area contributed by atoms with Gasteiger partial charge >= 0.3 is 0 Å². The molecule has 18 heavy (non-hydrogen) atoms. The fourth-order valence-electron chi connectivity index (χ4n) is 1.89. The van der Waals surface area contributed by atoms with Gasteiger partial charge < -0.3 is 0 Å². The van der Waals surface area contributed by atoms with Gasteiger partial charge in [0, 0.05) is 4.47 Å². The predicted octanol–water partition coefficient (Wildman–Crippen LogP) is 3.09. The largest absolute Gasteiger partial charge is 0.289 e. The van der Waals surface area contributed by atoms with Crippen molar-refractivity contribution in [3.8, 4) is 0 Å². The van der Waals surface area contributed by atoms with Crippen LogP contribution in [0.5, 0.6) is 0 Å². The van der Waals surface area contributed by atoms with E-state index < -0.39 is 11.8 Å². The molecule has 2 N–H and O–H groups in total. The summed E-state index contributed by atoms with van der Waals surface area (Å²) in [7, 11) is 0. The SMILES string of the molecule is O=C(NO)C(c1ccccc1)c1cccc(Br)c1. The third-order valence-corrected chi connectivity index (χ3v) is 3.18. The van der Waals surface area contributed by atoms with Gasteiger partial charge in [0.2, 0.25) is 0 Å². The zero-order chi connectivity index (χ0) is 13.0. The van der Waals surface area contributed by atoms with E-state index in [-0.39, 0.29) is 0 Å². The number of carbonyl (C=O) groups is 1. The molecule has 2 aromatic rings. The second kappa shape index (κ2) is 5.80. The van der Waals surface area contributed by atoms with Crippen molar-refractivity contribution in [1.29, 1.82) is 0 Å². The lowest BCUT2D eigenvalue weighted by molar-refractivity contribution is -0.129. The van der Waals surface area contributed by atoms with Crippen LogP contribution in [0, 0.1) is 0 Å². The molecule has 0 aliphatic carbocycles. The van der Waals surface area contributed by atoms with Gasteiger partial charge in [0.1, 0.15) is 0 Å². The van der Waals surface area contributed by atoms with Crippen LogP contribution in [0.3, 0.4) is 0 Å². The Labute approximate surface area is 114 Å². The summed E-state index contributed by atoms with van der Waals surface area (Å²) in [5.74, 6) is -0.965. The standard InChI is InChI=1S/C14H12BrNO2/c15-12-8-4-7-11(9-12)13(14(17)16-18)10-5-2-1-3-6-10/h1-9,13,18H,(H,16,17).